The minimum absolute atomic E-state index is 0.743. The Labute approximate surface area is 90.8 Å². The molecule has 2 heterocycles. The van der Waals surface area contributed by atoms with Gasteiger partial charge in [0.05, 0.1) is 6.54 Å². The molecule has 0 bridgehead atoms. The van der Waals surface area contributed by atoms with Crippen molar-refractivity contribution in [3.05, 3.63) is 23.7 Å². The van der Waals surface area contributed by atoms with Gasteiger partial charge in [-0.1, -0.05) is 0 Å². The number of ether oxygens (including phenoxy) is 1. The Balaban J connectivity index is 1.86. The number of hydrogen-bond donors (Lipinski definition) is 1. The second-order valence-electron chi connectivity index (χ2n) is 4.16. The lowest BCUT2D eigenvalue weighted by atomic mass is 9.95. The Morgan fingerprint density at radius 2 is 2.00 bits per heavy atom. The minimum Gasteiger partial charge on any atom is -0.465 e. The van der Waals surface area contributed by atoms with E-state index in [1.807, 2.05) is 7.05 Å². The quantitative estimate of drug-likeness (QED) is 0.823. The molecule has 1 fully saturated rings. The van der Waals surface area contributed by atoms with E-state index in [-0.39, 0.29) is 0 Å². The summed E-state index contributed by atoms with van der Waals surface area (Å²) in [5.74, 6) is 2.89. The van der Waals surface area contributed by atoms with E-state index in [4.69, 9.17) is 9.15 Å². The highest BCUT2D eigenvalue weighted by Gasteiger charge is 2.15. The molecule has 0 amide bonds. The molecule has 0 unspecified atom stereocenters. The maximum atomic E-state index is 5.72. The van der Waals surface area contributed by atoms with Gasteiger partial charge in [0.1, 0.15) is 11.5 Å². The highest BCUT2D eigenvalue weighted by molar-refractivity contribution is 5.07. The van der Waals surface area contributed by atoms with Crippen molar-refractivity contribution in [3.63, 3.8) is 0 Å². The number of rotatable bonds is 4. The summed E-state index contributed by atoms with van der Waals surface area (Å²) >= 11 is 0. The van der Waals surface area contributed by atoms with E-state index in [0.717, 1.165) is 43.6 Å². The maximum absolute atomic E-state index is 5.72. The van der Waals surface area contributed by atoms with Gasteiger partial charge in [-0.2, -0.15) is 0 Å². The van der Waals surface area contributed by atoms with E-state index in [1.165, 1.54) is 12.8 Å². The first-order valence-electron chi connectivity index (χ1n) is 5.68. The summed E-state index contributed by atoms with van der Waals surface area (Å²) in [5.41, 5.74) is 0. The minimum atomic E-state index is 0.743. The molecule has 84 valence electrons. The van der Waals surface area contributed by atoms with Crippen LogP contribution in [0.15, 0.2) is 16.5 Å². The zero-order valence-electron chi connectivity index (χ0n) is 9.29. The molecule has 15 heavy (non-hydrogen) atoms. The summed E-state index contributed by atoms with van der Waals surface area (Å²) in [6.45, 7) is 2.64. The molecule has 1 aliphatic rings. The van der Waals surface area contributed by atoms with Crippen LogP contribution in [0.3, 0.4) is 0 Å². The van der Waals surface area contributed by atoms with Crippen LogP contribution in [0.5, 0.6) is 0 Å². The average molecular weight is 209 g/mol. The van der Waals surface area contributed by atoms with E-state index in [1.54, 1.807) is 0 Å². The standard InChI is InChI=1S/C12H19NO2/c1-13-9-12-3-2-11(15-12)8-10-4-6-14-7-5-10/h2-3,10,13H,4-9H2,1H3. The van der Waals surface area contributed by atoms with Gasteiger partial charge in [0.2, 0.25) is 0 Å². The molecule has 0 aliphatic carbocycles. The van der Waals surface area contributed by atoms with Gasteiger partial charge in [0.25, 0.3) is 0 Å². The van der Waals surface area contributed by atoms with Gasteiger partial charge in [0, 0.05) is 19.6 Å². The summed E-state index contributed by atoms with van der Waals surface area (Å²) < 4.78 is 11.1. The first-order chi connectivity index (χ1) is 7.38. The lowest BCUT2D eigenvalue weighted by molar-refractivity contribution is 0.0650. The van der Waals surface area contributed by atoms with Gasteiger partial charge in [-0.3, -0.25) is 0 Å². The number of hydrogen-bond acceptors (Lipinski definition) is 3. The summed E-state index contributed by atoms with van der Waals surface area (Å²) in [6, 6.07) is 4.16. The second-order valence-corrected chi connectivity index (χ2v) is 4.16. The van der Waals surface area contributed by atoms with Crippen molar-refractivity contribution in [1.29, 1.82) is 0 Å². The van der Waals surface area contributed by atoms with E-state index < -0.39 is 0 Å². The fraction of sp³-hybridized carbons (Fsp3) is 0.667. The molecular weight excluding hydrogens is 190 g/mol. The Hall–Kier alpha value is -0.800. The van der Waals surface area contributed by atoms with Crippen molar-refractivity contribution in [2.24, 2.45) is 5.92 Å². The molecule has 1 saturated heterocycles. The van der Waals surface area contributed by atoms with Crippen LogP contribution in [0.25, 0.3) is 0 Å². The molecule has 0 aromatic carbocycles. The molecule has 1 aromatic rings. The topological polar surface area (TPSA) is 34.4 Å². The van der Waals surface area contributed by atoms with Gasteiger partial charge in [-0.15, -0.1) is 0 Å². The molecule has 0 radical (unpaired) electrons. The van der Waals surface area contributed by atoms with Crippen molar-refractivity contribution >= 4 is 0 Å². The van der Waals surface area contributed by atoms with Crippen LogP contribution < -0.4 is 5.32 Å². The first-order valence-corrected chi connectivity index (χ1v) is 5.68. The van der Waals surface area contributed by atoms with Gasteiger partial charge in [-0.05, 0) is 37.9 Å². The molecule has 3 heteroatoms. The molecule has 0 spiro atoms. The monoisotopic (exact) mass is 209 g/mol. The SMILES string of the molecule is CNCc1ccc(CC2CCOCC2)o1. The molecule has 2 rings (SSSR count). The normalized spacial score (nSPS) is 18.2. The van der Waals surface area contributed by atoms with Crippen molar-refractivity contribution in [2.75, 3.05) is 20.3 Å². The predicted molar refractivity (Wildman–Crippen MR) is 58.7 cm³/mol. The molecule has 0 saturated carbocycles. The molecule has 1 N–H and O–H groups in total. The van der Waals surface area contributed by atoms with Crippen LogP contribution in [0.4, 0.5) is 0 Å². The Bertz CT molecular complexity index is 290. The molecular formula is C12H19NO2. The van der Waals surface area contributed by atoms with E-state index in [9.17, 15) is 0 Å². The maximum Gasteiger partial charge on any atom is 0.117 e. The van der Waals surface area contributed by atoms with Crippen molar-refractivity contribution < 1.29 is 9.15 Å². The van der Waals surface area contributed by atoms with Crippen LogP contribution in [0.2, 0.25) is 0 Å². The van der Waals surface area contributed by atoms with Crippen molar-refractivity contribution in [2.45, 2.75) is 25.8 Å². The van der Waals surface area contributed by atoms with Gasteiger partial charge in [-0.25, -0.2) is 0 Å². The first kappa shape index (κ1) is 10.7. The van der Waals surface area contributed by atoms with Crippen LogP contribution in [-0.2, 0) is 17.7 Å². The largest absolute Gasteiger partial charge is 0.465 e. The summed E-state index contributed by atoms with van der Waals surface area (Å²) in [4.78, 5) is 0. The smallest absolute Gasteiger partial charge is 0.117 e. The average Bonchev–Trinajstić information content (AvgIpc) is 2.68. The van der Waals surface area contributed by atoms with E-state index in [2.05, 4.69) is 17.4 Å². The van der Waals surface area contributed by atoms with Crippen molar-refractivity contribution in [1.82, 2.24) is 5.32 Å². The molecule has 0 atom stereocenters. The van der Waals surface area contributed by atoms with Crippen LogP contribution in [0.1, 0.15) is 24.4 Å². The zero-order chi connectivity index (χ0) is 10.5. The Morgan fingerprint density at radius 1 is 1.27 bits per heavy atom. The lowest BCUT2D eigenvalue weighted by Crippen LogP contribution is -2.17. The summed E-state index contributed by atoms with van der Waals surface area (Å²) in [6.07, 6.45) is 3.40. The van der Waals surface area contributed by atoms with Crippen LogP contribution in [-0.4, -0.2) is 20.3 Å². The highest BCUT2D eigenvalue weighted by Crippen LogP contribution is 2.21. The zero-order valence-corrected chi connectivity index (χ0v) is 9.29. The van der Waals surface area contributed by atoms with E-state index in [0.29, 0.717) is 0 Å². The third kappa shape index (κ3) is 3.08. The number of furan rings is 1. The fourth-order valence-corrected chi connectivity index (χ4v) is 2.04. The Kier molecular flexibility index (Phi) is 3.80. The molecule has 1 aromatic heterocycles. The third-order valence-electron chi connectivity index (χ3n) is 2.90. The van der Waals surface area contributed by atoms with Crippen molar-refractivity contribution in [3.8, 4) is 0 Å². The number of nitrogens with one attached hydrogen (secondary N) is 1. The molecule has 1 aliphatic heterocycles. The fourth-order valence-electron chi connectivity index (χ4n) is 2.04. The second kappa shape index (κ2) is 5.33. The van der Waals surface area contributed by atoms with Gasteiger partial charge >= 0.3 is 0 Å². The van der Waals surface area contributed by atoms with Gasteiger partial charge in [0.15, 0.2) is 0 Å². The van der Waals surface area contributed by atoms with Crippen LogP contribution in [0, 0.1) is 5.92 Å². The van der Waals surface area contributed by atoms with Crippen LogP contribution >= 0.6 is 0 Å². The Morgan fingerprint density at radius 3 is 2.73 bits per heavy atom. The van der Waals surface area contributed by atoms with E-state index >= 15 is 0 Å². The molecule has 3 nitrogen and oxygen atoms in total. The lowest BCUT2D eigenvalue weighted by Gasteiger charge is -2.20. The summed E-state index contributed by atoms with van der Waals surface area (Å²) in [5, 5.41) is 3.09. The summed E-state index contributed by atoms with van der Waals surface area (Å²) in [7, 11) is 1.93. The predicted octanol–water partition coefficient (Wildman–Crippen LogP) is 1.97. The highest BCUT2D eigenvalue weighted by atomic mass is 16.5. The van der Waals surface area contributed by atoms with Gasteiger partial charge < -0.3 is 14.5 Å². The third-order valence-corrected chi connectivity index (χ3v) is 2.90.